The Balaban J connectivity index is 2.22. The standard InChI is InChI=1S/C14H13BrN2O/c1-9-6-10(2)16-13(7-9)14(18)17-12-5-3-4-11(15)8-12/h3-8H,1-2H3,(H,17,18). The third-order valence-electron chi connectivity index (χ3n) is 2.41. The third kappa shape index (κ3) is 3.17. The van der Waals surface area contributed by atoms with Crippen LogP contribution in [-0.2, 0) is 0 Å². The number of hydrogen-bond donors (Lipinski definition) is 1. The van der Waals surface area contributed by atoms with Crippen LogP contribution in [-0.4, -0.2) is 10.9 Å². The molecule has 0 atom stereocenters. The van der Waals surface area contributed by atoms with Crippen molar-refractivity contribution in [1.29, 1.82) is 0 Å². The van der Waals surface area contributed by atoms with Crippen LogP contribution in [0.4, 0.5) is 5.69 Å². The fourth-order valence-electron chi connectivity index (χ4n) is 1.72. The van der Waals surface area contributed by atoms with Gasteiger partial charge < -0.3 is 5.32 Å². The number of rotatable bonds is 2. The zero-order valence-corrected chi connectivity index (χ0v) is 11.8. The molecular weight excluding hydrogens is 292 g/mol. The normalized spacial score (nSPS) is 10.2. The Kier molecular flexibility index (Phi) is 3.77. The number of carbonyl (C=O) groups excluding carboxylic acids is 1. The van der Waals surface area contributed by atoms with E-state index in [1.54, 1.807) is 6.07 Å². The summed E-state index contributed by atoms with van der Waals surface area (Å²) >= 11 is 3.36. The lowest BCUT2D eigenvalue weighted by molar-refractivity contribution is 0.102. The molecule has 2 rings (SSSR count). The topological polar surface area (TPSA) is 42.0 Å². The number of aromatic nitrogens is 1. The number of hydrogen-bond acceptors (Lipinski definition) is 2. The van der Waals surface area contributed by atoms with Crippen LogP contribution in [0.2, 0.25) is 0 Å². The first-order valence-corrected chi connectivity index (χ1v) is 6.36. The van der Waals surface area contributed by atoms with Crippen LogP contribution in [0.3, 0.4) is 0 Å². The zero-order chi connectivity index (χ0) is 13.1. The van der Waals surface area contributed by atoms with Crippen molar-refractivity contribution in [3.8, 4) is 0 Å². The number of halogens is 1. The Morgan fingerprint density at radius 2 is 2.00 bits per heavy atom. The summed E-state index contributed by atoms with van der Waals surface area (Å²) in [6, 6.07) is 11.2. The lowest BCUT2D eigenvalue weighted by atomic mass is 10.2. The maximum Gasteiger partial charge on any atom is 0.274 e. The zero-order valence-electron chi connectivity index (χ0n) is 10.2. The number of carbonyl (C=O) groups is 1. The summed E-state index contributed by atoms with van der Waals surface area (Å²) in [4.78, 5) is 16.3. The molecule has 2 aromatic rings. The summed E-state index contributed by atoms with van der Waals surface area (Å²) in [5.41, 5.74) is 3.05. The van der Waals surface area contributed by atoms with Gasteiger partial charge in [-0.15, -0.1) is 0 Å². The number of nitrogens with one attached hydrogen (secondary N) is 1. The maximum atomic E-state index is 12.0. The molecule has 0 saturated carbocycles. The van der Waals surface area contributed by atoms with Crippen molar-refractivity contribution in [3.05, 3.63) is 57.8 Å². The van der Waals surface area contributed by atoms with Gasteiger partial charge in [-0.1, -0.05) is 22.0 Å². The van der Waals surface area contributed by atoms with Crippen LogP contribution in [0.1, 0.15) is 21.7 Å². The highest BCUT2D eigenvalue weighted by atomic mass is 79.9. The highest BCUT2D eigenvalue weighted by Gasteiger charge is 2.08. The number of anilines is 1. The van der Waals surface area contributed by atoms with Crippen LogP contribution in [0, 0.1) is 13.8 Å². The van der Waals surface area contributed by atoms with E-state index < -0.39 is 0 Å². The molecule has 1 aromatic carbocycles. The average molecular weight is 305 g/mol. The van der Waals surface area contributed by atoms with Gasteiger partial charge in [0.25, 0.3) is 5.91 Å². The van der Waals surface area contributed by atoms with Gasteiger partial charge >= 0.3 is 0 Å². The van der Waals surface area contributed by atoms with Gasteiger partial charge in [0, 0.05) is 15.9 Å². The number of aryl methyl sites for hydroxylation is 2. The molecular formula is C14H13BrN2O. The monoisotopic (exact) mass is 304 g/mol. The minimum absolute atomic E-state index is 0.195. The van der Waals surface area contributed by atoms with E-state index in [1.165, 1.54) is 0 Å². The number of benzene rings is 1. The highest BCUT2D eigenvalue weighted by molar-refractivity contribution is 9.10. The molecule has 0 unspecified atom stereocenters. The molecule has 18 heavy (non-hydrogen) atoms. The maximum absolute atomic E-state index is 12.0. The fraction of sp³-hybridized carbons (Fsp3) is 0.143. The molecule has 1 N–H and O–H groups in total. The molecule has 92 valence electrons. The van der Waals surface area contributed by atoms with E-state index in [1.807, 2.05) is 44.2 Å². The van der Waals surface area contributed by atoms with Crippen molar-refractivity contribution in [2.45, 2.75) is 13.8 Å². The van der Waals surface area contributed by atoms with Crippen LogP contribution >= 0.6 is 15.9 Å². The molecule has 0 radical (unpaired) electrons. The molecule has 0 aliphatic heterocycles. The molecule has 1 amide bonds. The molecule has 0 bridgehead atoms. The second kappa shape index (κ2) is 5.31. The summed E-state index contributed by atoms with van der Waals surface area (Å²) in [5, 5.41) is 2.82. The van der Waals surface area contributed by atoms with Crippen molar-refractivity contribution in [3.63, 3.8) is 0 Å². The number of amides is 1. The van der Waals surface area contributed by atoms with Crippen molar-refractivity contribution < 1.29 is 4.79 Å². The first-order valence-electron chi connectivity index (χ1n) is 5.57. The molecule has 1 aromatic heterocycles. The van der Waals surface area contributed by atoms with E-state index in [4.69, 9.17) is 0 Å². The lowest BCUT2D eigenvalue weighted by Gasteiger charge is -2.06. The first kappa shape index (κ1) is 12.8. The van der Waals surface area contributed by atoms with Gasteiger partial charge in [0.05, 0.1) is 0 Å². The van der Waals surface area contributed by atoms with Gasteiger partial charge in [0.15, 0.2) is 0 Å². The van der Waals surface area contributed by atoms with Crippen LogP contribution in [0.15, 0.2) is 40.9 Å². The van der Waals surface area contributed by atoms with Gasteiger partial charge in [-0.25, -0.2) is 4.98 Å². The van der Waals surface area contributed by atoms with Crippen LogP contribution < -0.4 is 5.32 Å². The Bertz CT molecular complexity index is 576. The largest absolute Gasteiger partial charge is 0.321 e. The highest BCUT2D eigenvalue weighted by Crippen LogP contribution is 2.16. The van der Waals surface area contributed by atoms with E-state index >= 15 is 0 Å². The molecule has 1 heterocycles. The fourth-order valence-corrected chi connectivity index (χ4v) is 2.12. The lowest BCUT2D eigenvalue weighted by Crippen LogP contribution is -2.14. The SMILES string of the molecule is Cc1cc(C)nc(C(=O)Nc2cccc(Br)c2)c1. The summed E-state index contributed by atoms with van der Waals surface area (Å²) in [5.74, 6) is -0.195. The van der Waals surface area contributed by atoms with Crippen molar-refractivity contribution in [1.82, 2.24) is 4.98 Å². The molecule has 3 nitrogen and oxygen atoms in total. The van der Waals surface area contributed by atoms with Gasteiger partial charge in [-0.2, -0.15) is 0 Å². The number of pyridine rings is 1. The van der Waals surface area contributed by atoms with Crippen LogP contribution in [0.25, 0.3) is 0 Å². The van der Waals surface area contributed by atoms with Crippen LogP contribution in [0.5, 0.6) is 0 Å². The minimum atomic E-state index is -0.195. The molecule has 0 aliphatic carbocycles. The Morgan fingerprint density at radius 1 is 1.22 bits per heavy atom. The average Bonchev–Trinajstić information content (AvgIpc) is 2.27. The third-order valence-corrected chi connectivity index (χ3v) is 2.91. The Morgan fingerprint density at radius 3 is 2.67 bits per heavy atom. The van der Waals surface area contributed by atoms with E-state index in [-0.39, 0.29) is 5.91 Å². The molecule has 0 aliphatic rings. The predicted octanol–water partition coefficient (Wildman–Crippen LogP) is 3.71. The van der Waals surface area contributed by atoms with Crippen molar-refractivity contribution >= 4 is 27.5 Å². The quantitative estimate of drug-likeness (QED) is 0.919. The smallest absolute Gasteiger partial charge is 0.274 e. The Hall–Kier alpha value is -1.68. The summed E-state index contributed by atoms with van der Waals surface area (Å²) < 4.78 is 0.925. The van der Waals surface area contributed by atoms with Gasteiger partial charge in [-0.3, -0.25) is 4.79 Å². The van der Waals surface area contributed by atoms with Gasteiger partial charge in [-0.05, 0) is 49.7 Å². The van der Waals surface area contributed by atoms with E-state index in [0.717, 1.165) is 21.4 Å². The van der Waals surface area contributed by atoms with Crippen molar-refractivity contribution in [2.24, 2.45) is 0 Å². The minimum Gasteiger partial charge on any atom is -0.321 e. The van der Waals surface area contributed by atoms with Crippen molar-refractivity contribution in [2.75, 3.05) is 5.32 Å². The Labute approximate surface area is 114 Å². The van der Waals surface area contributed by atoms with E-state index in [9.17, 15) is 4.79 Å². The van der Waals surface area contributed by atoms with Gasteiger partial charge in [0.1, 0.15) is 5.69 Å². The second-order valence-corrected chi connectivity index (χ2v) is 5.05. The van der Waals surface area contributed by atoms with E-state index in [0.29, 0.717) is 5.69 Å². The number of nitrogens with zero attached hydrogens (tertiary/aromatic N) is 1. The second-order valence-electron chi connectivity index (χ2n) is 4.14. The first-order chi connectivity index (χ1) is 8.54. The summed E-state index contributed by atoms with van der Waals surface area (Å²) in [6.45, 7) is 3.83. The molecule has 0 fully saturated rings. The summed E-state index contributed by atoms with van der Waals surface area (Å²) in [7, 11) is 0. The van der Waals surface area contributed by atoms with Gasteiger partial charge in [0.2, 0.25) is 0 Å². The molecule has 0 spiro atoms. The molecule has 0 saturated heterocycles. The summed E-state index contributed by atoms with van der Waals surface area (Å²) in [6.07, 6.45) is 0. The predicted molar refractivity (Wildman–Crippen MR) is 75.8 cm³/mol. The van der Waals surface area contributed by atoms with E-state index in [2.05, 4.69) is 26.2 Å². The molecule has 4 heteroatoms.